The van der Waals surface area contributed by atoms with Crippen molar-refractivity contribution in [3.63, 3.8) is 0 Å². The second kappa shape index (κ2) is 4.26. The summed E-state index contributed by atoms with van der Waals surface area (Å²) >= 11 is 0. The van der Waals surface area contributed by atoms with E-state index in [0.717, 1.165) is 19.0 Å². The third-order valence-corrected chi connectivity index (χ3v) is 2.29. The van der Waals surface area contributed by atoms with Gasteiger partial charge < -0.3 is 5.11 Å². The van der Waals surface area contributed by atoms with Crippen molar-refractivity contribution < 1.29 is 9.90 Å². The Hall–Kier alpha value is -1.32. The summed E-state index contributed by atoms with van der Waals surface area (Å²) in [5, 5.41) is 8.87. The monoisotopic (exact) mass is 195 g/mol. The SMILES string of the molecule is CC(C)(CCC[C+]1N=CC=N1)C(=O)O. The normalized spacial score (nSPS) is 15.1. The van der Waals surface area contributed by atoms with Crippen molar-refractivity contribution in [1.82, 2.24) is 0 Å². The topological polar surface area (TPSA) is 62.0 Å². The zero-order valence-corrected chi connectivity index (χ0v) is 8.53. The van der Waals surface area contributed by atoms with Crippen LogP contribution in [0.4, 0.5) is 0 Å². The van der Waals surface area contributed by atoms with Crippen molar-refractivity contribution in [3.05, 3.63) is 6.17 Å². The molecule has 1 aliphatic heterocycles. The number of nitrogens with zero attached hydrogens (tertiary/aromatic N) is 2. The Kier molecular flexibility index (Phi) is 3.28. The van der Waals surface area contributed by atoms with Crippen LogP contribution in [0.5, 0.6) is 0 Å². The molecule has 0 radical (unpaired) electrons. The molecule has 0 saturated carbocycles. The van der Waals surface area contributed by atoms with Gasteiger partial charge in [-0.3, -0.25) is 4.79 Å². The van der Waals surface area contributed by atoms with Crippen LogP contribution in [0, 0.1) is 11.6 Å². The summed E-state index contributed by atoms with van der Waals surface area (Å²) in [7, 11) is 0. The van der Waals surface area contributed by atoms with Crippen LogP contribution in [0.2, 0.25) is 0 Å². The number of hydrogen-bond donors (Lipinski definition) is 1. The van der Waals surface area contributed by atoms with Crippen LogP contribution in [0.25, 0.3) is 0 Å². The summed E-state index contributed by atoms with van der Waals surface area (Å²) in [5.74, 6) is -0.749. The number of carboxylic acids is 1. The van der Waals surface area contributed by atoms with E-state index in [1.165, 1.54) is 0 Å². The third kappa shape index (κ3) is 2.87. The molecule has 0 aliphatic carbocycles. The van der Waals surface area contributed by atoms with E-state index in [1.54, 1.807) is 26.3 Å². The highest BCUT2D eigenvalue weighted by atomic mass is 16.4. The van der Waals surface area contributed by atoms with Gasteiger partial charge in [-0.2, -0.15) is 0 Å². The van der Waals surface area contributed by atoms with E-state index in [9.17, 15) is 4.79 Å². The minimum absolute atomic E-state index is 0.646. The standard InChI is InChI=1S/C10H14N2O2/c1-10(2,9(13)14)5-3-4-8-11-6-7-12-8/h6-7H,3-5H2,1-2H3/p+1. The van der Waals surface area contributed by atoms with Crippen molar-refractivity contribution >= 4 is 18.4 Å². The van der Waals surface area contributed by atoms with E-state index in [0.29, 0.717) is 6.42 Å². The quantitative estimate of drug-likeness (QED) is 0.681. The summed E-state index contributed by atoms with van der Waals surface area (Å²) in [4.78, 5) is 18.8. The Morgan fingerprint density at radius 2 is 2.00 bits per heavy atom. The minimum atomic E-state index is -0.749. The summed E-state index contributed by atoms with van der Waals surface area (Å²) in [6, 6.07) is 0. The molecule has 0 fully saturated rings. The zero-order chi connectivity index (χ0) is 10.6. The lowest BCUT2D eigenvalue weighted by Gasteiger charge is -2.17. The molecule has 0 atom stereocenters. The van der Waals surface area contributed by atoms with Gasteiger partial charge in [0.25, 0.3) is 0 Å². The molecule has 0 saturated heterocycles. The van der Waals surface area contributed by atoms with Gasteiger partial charge in [-0.05, 0) is 26.7 Å². The van der Waals surface area contributed by atoms with Crippen LogP contribution in [-0.4, -0.2) is 23.5 Å². The summed E-state index contributed by atoms with van der Waals surface area (Å²) in [6.07, 6.45) is 6.31. The van der Waals surface area contributed by atoms with Crippen molar-refractivity contribution in [1.29, 1.82) is 0 Å². The highest BCUT2D eigenvalue weighted by Gasteiger charge is 2.27. The van der Waals surface area contributed by atoms with E-state index >= 15 is 0 Å². The summed E-state index contributed by atoms with van der Waals surface area (Å²) < 4.78 is 0. The fourth-order valence-corrected chi connectivity index (χ4v) is 1.20. The highest BCUT2D eigenvalue weighted by molar-refractivity contribution is 6.18. The number of rotatable bonds is 5. The molecule has 4 heteroatoms. The van der Waals surface area contributed by atoms with Crippen molar-refractivity contribution in [2.45, 2.75) is 33.1 Å². The van der Waals surface area contributed by atoms with Gasteiger partial charge in [-0.25, -0.2) is 0 Å². The molecule has 0 bridgehead atoms. The second-order valence-electron chi connectivity index (χ2n) is 4.02. The first-order valence-electron chi connectivity index (χ1n) is 4.68. The van der Waals surface area contributed by atoms with E-state index in [2.05, 4.69) is 9.98 Å². The fraction of sp³-hybridized carbons (Fsp3) is 0.600. The first-order chi connectivity index (χ1) is 6.52. The molecule has 0 aromatic carbocycles. The molecule has 76 valence electrons. The largest absolute Gasteiger partial charge is 0.481 e. The zero-order valence-electron chi connectivity index (χ0n) is 8.53. The van der Waals surface area contributed by atoms with Gasteiger partial charge >= 0.3 is 5.97 Å². The van der Waals surface area contributed by atoms with Crippen LogP contribution in [-0.2, 0) is 4.79 Å². The Morgan fingerprint density at radius 3 is 2.50 bits per heavy atom. The number of aliphatic carboxylic acids is 1. The van der Waals surface area contributed by atoms with Crippen LogP contribution in [0.3, 0.4) is 0 Å². The highest BCUT2D eigenvalue weighted by Crippen LogP contribution is 2.26. The number of hydrogen-bond acceptors (Lipinski definition) is 3. The summed E-state index contributed by atoms with van der Waals surface area (Å²) in [6.45, 7) is 3.47. The molecular weight excluding hydrogens is 180 g/mol. The molecule has 1 heterocycles. The molecule has 0 aromatic heterocycles. The molecule has 1 N–H and O–H groups in total. The van der Waals surface area contributed by atoms with Gasteiger partial charge in [-0.15, -0.1) is 0 Å². The molecular formula is C10H15N2O2+. The molecule has 0 amide bonds. The van der Waals surface area contributed by atoms with Crippen LogP contribution in [0.1, 0.15) is 33.1 Å². The lowest BCUT2D eigenvalue weighted by atomic mass is 9.87. The lowest BCUT2D eigenvalue weighted by Crippen LogP contribution is -2.23. The average molecular weight is 195 g/mol. The van der Waals surface area contributed by atoms with Crippen molar-refractivity contribution in [2.24, 2.45) is 15.4 Å². The van der Waals surface area contributed by atoms with E-state index < -0.39 is 11.4 Å². The molecule has 0 unspecified atom stereocenters. The third-order valence-electron chi connectivity index (χ3n) is 2.29. The van der Waals surface area contributed by atoms with Crippen LogP contribution in [0.15, 0.2) is 9.98 Å². The Morgan fingerprint density at radius 1 is 1.43 bits per heavy atom. The maximum Gasteiger partial charge on any atom is 0.309 e. The molecule has 14 heavy (non-hydrogen) atoms. The summed E-state index contributed by atoms with van der Waals surface area (Å²) in [5.41, 5.74) is -0.646. The van der Waals surface area contributed by atoms with Crippen molar-refractivity contribution in [3.8, 4) is 0 Å². The Labute approximate surface area is 83.8 Å². The van der Waals surface area contributed by atoms with E-state index in [-0.39, 0.29) is 0 Å². The average Bonchev–Trinajstić information content (AvgIpc) is 2.56. The number of carboxylic acid groups (broad SMARTS) is 1. The maximum absolute atomic E-state index is 10.8. The van der Waals surface area contributed by atoms with Gasteiger partial charge in [-0.1, -0.05) is 9.98 Å². The number of carbonyl (C=O) groups is 1. The lowest BCUT2D eigenvalue weighted by molar-refractivity contribution is -0.147. The minimum Gasteiger partial charge on any atom is -0.481 e. The molecule has 1 rings (SSSR count). The molecule has 4 nitrogen and oxygen atoms in total. The predicted octanol–water partition coefficient (Wildman–Crippen LogP) is 1.91. The molecule has 1 aliphatic rings. The van der Waals surface area contributed by atoms with Gasteiger partial charge in [0.2, 0.25) is 6.17 Å². The Balaban J connectivity index is 2.24. The molecule has 0 spiro atoms. The van der Waals surface area contributed by atoms with Gasteiger partial charge in [0, 0.05) is 0 Å². The second-order valence-corrected chi connectivity index (χ2v) is 4.02. The smallest absolute Gasteiger partial charge is 0.309 e. The van der Waals surface area contributed by atoms with Crippen LogP contribution < -0.4 is 0 Å². The van der Waals surface area contributed by atoms with Crippen LogP contribution >= 0.6 is 0 Å². The van der Waals surface area contributed by atoms with Gasteiger partial charge in [0.05, 0.1) is 11.8 Å². The maximum atomic E-state index is 10.8. The first kappa shape index (κ1) is 10.8. The van der Waals surface area contributed by atoms with Gasteiger partial charge in [0.1, 0.15) is 0 Å². The predicted molar refractivity (Wildman–Crippen MR) is 55.5 cm³/mol. The fourth-order valence-electron chi connectivity index (χ4n) is 1.20. The van der Waals surface area contributed by atoms with Gasteiger partial charge in [0.15, 0.2) is 12.4 Å². The Bertz CT molecular complexity index is 257. The van der Waals surface area contributed by atoms with E-state index in [4.69, 9.17) is 5.11 Å². The number of aliphatic imine (C=N–C) groups is 2. The van der Waals surface area contributed by atoms with E-state index in [1.807, 2.05) is 0 Å². The first-order valence-corrected chi connectivity index (χ1v) is 4.68. The molecule has 0 aromatic rings. The van der Waals surface area contributed by atoms with Crippen molar-refractivity contribution in [2.75, 3.05) is 0 Å².